The molecule has 3 heteroatoms. The molecule has 3 nitrogen and oxygen atoms in total. The molecular formula is C23H24N2O. The fraction of sp³-hybridized carbons (Fsp3) is 0.217. The minimum absolute atomic E-state index is 0.0672. The van der Waals surface area contributed by atoms with E-state index >= 15 is 0 Å². The molecule has 3 rings (SSSR count). The highest BCUT2D eigenvalue weighted by atomic mass is 16.1. The van der Waals surface area contributed by atoms with Gasteiger partial charge in [-0.1, -0.05) is 6.07 Å². The molecule has 0 amide bonds. The normalized spacial score (nSPS) is 11.3. The van der Waals surface area contributed by atoms with Gasteiger partial charge in [-0.3, -0.25) is 9.79 Å². The predicted molar refractivity (Wildman–Crippen MR) is 108 cm³/mol. The van der Waals surface area contributed by atoms with Crippen LogP contribution in [0.3, 0.4) is 0 Å². The van der Waals surface area contributed by atoms with Crippen molar-refractivity contribution in [2.75, 3.05) is 0 Å². The number of aromatic nitrogens is 1. The summed E-state index contributed by atoms with van der Waals surface area (Å²) in [4.78, 5) is 15.9. The smallest absolute Gasteiger partial charge is 0.159 e. The number of hydrogen-bond acceptors (Lipinski definition) is 2. The van der Waals surface area contributed by atoms with Gasteiger partial charge in [-0.05, 0) is 88.2 Å². The van der Waals surface area contributed by atoms with Crippen LogP contribution in [-0.4, -0.2) is 16.6 Å². The number of rotatable bonds is 4. The zero-order valence-corrected chi connectivity index (χ0v) is 16.0. The summed E-state index contributed by atoms with van der Waals surface area (Å²) in [5.41, 5.74) is 8.68. The monoisotopic (exact) mass is 344 g/mol. The summed E-state index contributed by atoms with van der Waals surface area (Å²) in [6.45, 7) is 10.0. The lowest BCUT2D eigenvalue weighted by atomic mass is 10.1. The van der Waals surface area contributed by atoms with Crippen molar-refractivity contribution in [2.45, 2.75) is 34.6 Å². The minimum Gasteiger partial charge on any atom is -0.318 e. The van der Waals surface area contributed by atoms with Crippen LogP contribution in [0.1, 0.15) is 45.4 Å². The largest absolute Gasteiger partial charge is 0.318 e. The number of carbonyl (C=O) groups is 1. The van der Waals surface area contributed by atoms with Crippen molar-refractivity contribution in [1.82, 2.24) is 4.57 Å². The first-order valence-electron chi connectivity index (χ1n) is 8.78. The molecule has 0 saturated heterocycles. The predicted octanol–water partition coefficient (Wildman–Crippen LogP) is 5.66. The summed E-state index contributed by atoms with van der Waals surface area (Å²) in [5.74, 6) is 0.0672. The van der Waals surface area contributed by atoms with Crippen LogP contribution >= 0.6 is 0 Å². The number of nitrogens with zero attached hydrogens (tertiary/aromatic N) is 2. The molecule has 1 heterocycles. The van der Waals surface area contributed by atoms with E-state index in [2.05, 4.69) is 61.5 Å². The third-order valence-electron chi connectivity index (χ3n) is 4.56. The van der Waals surface area contributed by atoms with E-state index in [4.69, 9.17) is 0 Å². The molecule has 0 aliphatic carbocycles. The third-order valence-corrected chi connectivity index (χ3v) is 4.56. The molecule has 0 aliphatic heterocycles. The minimum atomic E-state index is 0.0672. The average molecular weight is 344 g/mol. The second-order valence-electron chi connectivity index (χ2n) is 6.87. The molecule has 0 unspecified atom stereocenters. The van der Waals surface area contributed by atoms with Crippen molar-refractivity contribution < 1.29 is 4.79 Å². The molecule has 0 radical (unpaired) electrons. The van der Waals surface area contributed by atoms with Crippen molar-refractivity contribution in [3.05, 3.63) is 82.2 Å². The molecule has 2 aromatic carbocycles. The number of carbonyl (C=O) groups excluding carboxylic acids is 1. The Morgan fingerprint density at radius 3 is 2.12 bits per heavy atom. The number of ketones is 1. The molecule has 0 bridgehead atoms. The third kappa shape index (κ3) is 3.67. The summed E-state index contributed by atoms with van der Waals surface area (Å²) in [7, 11) is 0. The van der Waals surface area contributed by atoms with Crippen molar-refractivity contribution in [3.63, 3.8) is 0 Å². The molecule has 0 spiro atoms. The second kappa shape index (κ2) is 7.12. The quantitative estimate of drug-likeness (QED) is 0.444. The maximum atomic E-state index is 11.4. The number of aryl methyl sites for hydroxylation is 3. The van der Waals surface area contributed by atoms with Gasteiger partial charge >= 0.3 is 0 Å². The Bertz CT molecular complexity index is 972. The van der Waals surface area contributed by atoms with Gasteiger partial charge in [0, 0.05) is 34.4 Å². The Kier molecular flexibility index (Phi) is 4.90. The lowest BCUT2D eigenvalue weighted by Gasteiger charge is -2.11. The molecule has 0 aliphatic rings. The van der Waals surface area contributed by atoms with Crippen molar-refractivity contribution in [2.24, 2.45) is 4.99 Å². The van der Waals surface area contributed by atoms with Crippen LogP contribution in [0.25, 0.3) is 5.69 Å². The average Bonchev–Trinajstić information content (AvgIpc) is 2.86. The van der Waals surface area contributed by atoms with E-state index < -0.39 is 0 Å². The SMILES string of the molecule is CC(=O)c1ccc(N=Cc2cc(C)n(-c3cc(C)cc(C)c3)c2C)cc1. The number of Topliss-reactive ketones (excluding diaryl/α,β-unsaturated/α-hetero) is 1. The van der Waals surface area contributed by atoms with Gasteiger partial charge in [0.05, 0.1) is 5.69 Å². The molecular weight excluding hydrogens is 320 g/mol. The van der Waals surface area contributed by atoms with E-state index in [1.807, 2.05) is 30.5 Å². The van der Waals surface area contributed by atoms with Crippen LogP contribution in [0.2, 0.25) is 0 Å². The van der Waals surface area contributed by atoms with Gasteiger partial charge in [0.25, 0.3) is 0 Å². The summed E-state index contributed by atoms with van der Waals surface area (Å²) in [6.07, 6.45) is 1.89. The Morgan fingerprint density at radius 1 is 0.923 bits per heavy atom. The fourth-order valence-corrected chi connectivity index (χ4v) is 3.32. The molecule has 0 N–H and O–H groups in total. The Hall–Kier alpha value is -2.94. The molecule has 132 valence electrons. The summed E-state index contributed by atoms with van der Waals surface area (Å²) >= 11 is 0. The van der Waals surface area contributed by atoms with Crippen LogP contribution in [0.5, 0.6) is 0 Å². The Balaban J connectivity index is 1.93. The Morgan fingerprint density at radius 2 is 1.54 bits per heavy atom. The standard InChI is InChI=1S/C23H24N2O/c1-15-10-16(2)12-23(11-15)25-17(3)13-21(18(25)4)14-24-22-8-6-20(7-9-22)19(5)26/h6-14H,1-5H3. The van der Waals surface area contributed by atoms with Crippen LogP contribution in [-0.2, 0) is 0 Å². The second-order valence-corrected chi connectivity index (χ2v) is 6.87. The van der Waals surface area contributed by atoms with E-state index in [9.17, 15) is 4.79 Å². The highest BCUT2D eigenvalue weighted by molar-refractivity contribution is 5.94. The van der Waals surface area contributed by atoms with Crippen LogP contribution < -0.4 is 0 Å². The number of aliphatic imine (C=N–C) groups is 1. The van der Waals surface area contributed by atoms with E-state index in [1.165, 1.54) is 22.5 Å². The molecule has 1 aromatic heterocycles. The van der Waals surface area contributed by atoms with Gasteiger partial charge in [0.15, 0.2) is 5.78 Å². The van der Waals surface area contributed by atoms with Crippen molar-refractivity contribution >= 4 is 17.7 Å². The number of hydrogen-bond donors (Lipinski definition) is 0. The summed E-state index contributed by atoms with van der Waals surface area (Å²) in [5, 5.41) is 0. The molecule has 0 saturated carbocycles. The lowest BCUT2D eigenvalue weighted by Crippen LogP contribution is -2.00. The maximum Gasteiger partial charge on any atom is 0.159 e. The highest BCUT2D eigenvalue weighted by Crippen LogP contribution is 2.22. The first-order chi connectivity index (χ1) is 12.3. The maximum absolute atomic E-state index is 11.4. The van der Waals surface area contributed by atoms with Crippen LogP contribution in [0.15, 0.2) is 53.5 Å². The van der Waals surface area contributed by atoms with E-state index in [1.54, 1.807) is 6.92 Å². The van der Waals surface area contributed by atoms with Gasteiger partial charge in [-0.2, -0.15) is 0 Å². The first kappa shape index (κ1) is 17.9. The van der Waals surface area contributed by atoms with E-state index in [0.717, 1.165) is 16.9 Å². The molecule has 0 atom stereocenters. The summed E-state index contributed by atoms with van der Waals surface area (Å²) in [6, 6.07) is 16.1. The molecule has 26 heavy (non-hydrogen) atoms. The zero-order chi connectivity index (χ0) is 18.8. The van der Waals surface area contributed by atoms with E-state index in [-0.39, 0.29) is 5.78 Å². The molecule has 3 aromatic rings. The summed E-state index contributed by atoms with van der Waals surface area (Å²) < 4.78 is 2.26. The first-order valence-corrected chi connectivity index (χ1v) is 8.78. The van der Waals surface area contributed by atoms with Crippen LogP contribution in [0, 0.1) is 27.7 Å². The van der Waals surface area contributed by atoms with Gasteiger partial charge in [0.2, 0.25) is 0 Å². The fourth-order valence-electron chi connectivity index (χ4n) is 3.32. The van der Waals surface area contributed by atoms with Gasteiger partial charge in [-0.15, -0.1) is 0 Å². The van der Waals surface area contributed by atoms with Crippen LogP contribution in [0.4, 0.5) is 5.69 Å². The number of benzene rings is 2. The van der Waals surface area contributed by atoms with Gasteiger partial charge < -0.3 is 4.57 Å². The van der Waals surface area contributed by atoms with Gasteiger partial charge in [0.1, 0.15) is 0 Å². The van der Waals surface area contributed by atoms with Gasteiger partial charge in [-0.25, -0.2) is 0 Å². The van der Waals surface area contributed by atoms with Crippen molar-refractivity contribution in [3.8, 4) is 5.69 Å². The Labute approximate surface area is 155 Å². The van der Waals surface area contributed by atoms with Crippen molar-refractivity contribution in [1.29, 1.82) is 0 Å². The highest BCUT2D eigenvalue weighted by Gasteiger charge is 2.10. The topological polar surface area (TPSA) is 34.4 Å². The zero-order valence-electron chi connectivity index (χ0n) is 16.0. The van der Waals surface area contributed by atoms with E-state index in [0.29, 0.717) is 5.56 Å². The lowest BCUT2D eigenvalue weighted by molar-refractivity contribution is 0.101. The molecule has 0 fully saturated rings.